The highest BCUT2D eigenvalue weighted by Crippen LogP contribution is 2.34. The van der Waals surface area contributed by atoms with Crippen molar-refractivity contribution in [3.05, 3.63) is 0 Å². The fourth-order valence-corrected chi connectivity index (χ4v) is 3.52. The molecular formula is C16H30F3NO. The lowest BCUT2D eigenvalue weighted by molar-refractivity contribution is -0.174. The topological polar surface area (TPSA) is 21.3 Å². The second-order valence-electron chi connectivity index (χ2n) is 6.20. The Morgan fingerprint density at radius 2 is 1.90 bits per heavy atom. The third kappa shape index (κ3) is 8.05. The Hall–Kier alpha value is -0.290. The zero-order chi connectivity index (χ0) is 15.7. The number of nitrogens with one attached hydrogen (secondary N) is 1. The molecule has 1 aliphatic carbocycles. The predicted octanol–water partition coefficient (Wildman–Crippen LogP) is 4.54. The number of alkyl halides is 3. The number of rotatable bonds is 9. The van der Waals surface area contributed by atoms with Crippen LogP contribution < -0.4 is 5.32 Å². The van der Waals surface area contributed by atoms with Gasteiger partial charge < -0.3 is 10.1 Å². The molecule has 1 aliphatic rings. The highest BCUT2D eigenvalue weighted by molar-refractivity contribution is 4.84. The van der Waals surface area contributed by atoms with Gasteiger partial charge in [-0.15, -0.1) is 0 Å². The van der Waals surface area contributed by atoms with E-state index < -0.39 is 12.8 Å². The maximum Gasteiger partial charge on any atom is 0.411 e. The van der Waals surface area contributed by atoms with Crippen LogP contribution in [0, 0.1) is 11.8 Å². The van der Waals surface area contributed by atoms with Gasteiger partial charge >= 0.3 is 6.18 Å². The molecule has 0 aliphatic heterocycles. The molecule has 0 heterocycles. The molecular weight excluding hydrogens is 279 g/mol. The molecule has 21 heavy (non-hydrogen) atoms. The van der Waals surface area contributed by atoms with E-state index in [9.17, 15) is 13.2 Å². The van der Waals surface area contributed by atoms with Crippen LogP contribution in [0.1, 0.15) is 58.8 Å². The van der Waals surface area contributed by atoms with Gasteiger partial charge in [-0.05, 0) is 50.5 Å². The molecule has 0 aromatic heterocycles. The van der Waals surface area contributed by atoms with E-state index >= 15 is 0 Å². The first-order valence-electron chi connectivity index (χ1n) is 8.34. The van der Waals surface area contributed by atoms with Crippen molar-refractivity contribution in [1.82, 2.24) is 5.32 Å². The molecule has 126 valence electrons. The van der Waals surface area contributed by atoms with Crippen LogP contribution >= 0.6 is 0 Å². The van der Waals surface area contributed by atoms with Gasteiger partial charge in [-0.3, -0.25) is 0 Å². The summed E-state index contributed by atoms with van der Waals surface area (Å²) in [5.74, 6) is 1.38. The van der Waals surface area contributed by atoms with Crippen molar-refractivity contribution < 1.29 is 17.9 Å². The molecule has 0 aromatic carbocycles. The standard InChI is InChI=1S/C16H30F3NO/c1-3-6-13-8-9-15(20-4-2)14(11-13)7-5-10-21-12-16(17,18)19/h13-15,20H,3-12H2,1-2H3. The van der Waals surface area contributed by atoms with E-state index in [2.05, 4.69) is 19.2 Å². The maximum atomic E-state index is 12.0. The van der Waals surface area contributed by atoms with Gasteiger partial charge in [-0.2, -0.15) is 13.2 Å². The molecule has 3 unspecified atom stereocenters. The van der Waals surface area contributed by atoms with E-state index in [1.807, 2.05) is 0 Å². The maximum absolute atomic E-state index is 12.0. The van der Waals surface area contributed by atoms with Gasteiger partial charge in [0.05, 0.1) is 0 Å². The molecule has 0 spiro atoms. The monoisotopic (exact) mass is 309 g/mol. The van der Waals surface area contributed by atoms with E-state index in [4.69, 9.17) is 4.74 Å². The Labute approximate surface area is 126 Å². The van der Waals surface area contributed by atoms with Crippen LogP contribution in [0.4, 0.5) is 13.2 Å². The molecule has 0 amide bonds. The van der Waals surface area contributed by atoms with Gasteiger partial charge in [0, 0.05) is 12.6 Å². The Morgan fingerprint density at radius 1 is 1.14 bits per heavy atom. The smallest absolute Gasteiger partial charge is 0.372 e. The first kappa shape index (κ1) is 18.8. The summed E-state index contributed by atoms with van der Waals surface area (Å²) < 4.78 is 40.7. The lowest BCUT2D eigenvalue weighted by atomic mass is 9.74. The molecule has 0 saturated heterocycles. The van der Waals surface area contributed by atoms with Gasteiger partial charge in [-0.1, -0.05) is 26.7 Å². The number of hydrogen-bond donors (Lipinski definition) is 1. The largest absolute Gasteiger partial charge is 0.411 e. The second kappa shape index (κ2) is 9.67. The van der Waals surface area contributed by atoms with E-state index in [1.54, 1.807) is 0 Å². The van der Waals surface area contributed by atoms with Crippen molar-refractivity contribution in [2.45, 2.75) is 71.0 Å². The molecule has 1 N–H and O–H groups in total. The number of ether oxygens (including phenoxy) is 1. The molecule has 1 rings (SSSR count). The van der Waals surface area contributed by atoms with Crippen molar-refractivity contribution in [2.24, 2.45) is 11.8 Å². The van der Waals surface area contributed by atoms with E-state index in [1.165, 1.54) is 32.1 Å². The van der Waals surface area contributed by atoms with Gasteiger partial charge in [0.25, 0.3) is 0 Å². The normalized spacial score (nSPS) is 27.0. The third-order valence-corrected chi connectivity index (χ3v) is 4.38. The highest BCUT2D eigenvalue weighted by atomic mass is 19.4. The molecule has 0 bridgehead atoms. The van der Waals surface area contributed by atoms with Gasteiger partial charge in [-0.25, -0.2) is 0 Å². The lowest BCUT2D eigenvalue weighted by Crippen LogP contribution is -2.40. The fourth-order valence-electron chi connectivity index (χ4n) is 3.52. The van der Waals surface area contributed by atoms with Crippen LogP contribution in [0.15, 0.2) is 0 Å². The summed E-state index contributed by atoms with van der Waals surface area (Å²) in [4.78, 5) is 0. The minimum atomic E-state index is -4.20. The molecule has 1 fully saturated rings. The Kier molecular flexibility index (Phi) is 8.64. The minimum absolute atomic E-state index is 0.216. The average molecular weight is 309 g/mol. The first-order valence-corrected chi connectivity index (χ1v) is 8.34. The van der Waals surface area contributed by atoms with Crippen molar-refractivity contribution in [1.29, 1.82) is 0 Å². The molecule has 2 nitrogen and oxygen atoms in total. The number of hydrogen-bond acceptors (Lipinski definition) is 2. The fraction of sp³-hybridized carbons (Fsp3) is 1.00. The summed E-state index contributed by atoms with van der Waals surface area (Å²) in [5.41, 5.74) is 0. The average Bonchev–Trinajstić information content (AvgIpc) is 2.40. The van der Waals surface area contributed by atoms with Crippen molar-refractivity contribution in [2.75, 3.05) is 19.8 Å². The number of halogens is 3. The zero-order valence-corrected chi connectivity index (χ0v) is 13.3. The summed E-state index contributed by atoms with van der Waals surface area (Å²) in [6, 6.07) is 0.533. The van der Waals surface area contributed by atoms with Crippen LogP contribution in [0.25, 0.3) is 0 Å². The van der Waals surface area contributed by atoms with Crippen LogP contribution in [-0.2, 0) is 4.74 Å². The van der Waals surface area contributed by atoms with Crippen LogP contribution in [-0.4, -0.2) is 32.0 Å². The van der Waals surface area contributed by atoms with Gasteiger partial charge in [0.1, 0.15) is 6.61 Å². The van der Waals surface area contributed by atoms with Crippen LogP contribution in [0.3, 0.4) is 0 Å². The third-order valence-electron chi connectivity index (χ3n) is 4.38. The molecule has 1 saturated carbocycles. The van der Waals surface area contributed by atoms with E-state index in [-0.39, 0.29) is 6.61 Å². The summed E-state index contributed by atoms with van der Waals surface area (Å²) in [6.07, 6.45) is 3.68. The summed E-state index contributed by atoms with van der Waals surface area (Å²) in [6.45, 7) is 4.39. The summed E-state index contributed by atoms with van der Waals surface area (Å²) in [7, 11) is 0. The lowest BCUT2D eigenvalue weighted by Gasteiger charge is -2.37. The van der Waals surface area contributed by atoms with Crippen molar-refractivity contribution >= 4 is 0 Å². The SMILES string of the molecule is CCCC1CCC(NCC)C(CCCOCC(F)(F)F)C1. The van der Waals surface area contributed by atoms with Crippen LogP contribution in [0.2, 0.25) is 0 Å². The van der Waals surface area contributed by atoms with Crippen molar-refractivity contribution in [3.63, 3.8) is 0 Å². The highest BCUT2D eigenvalue weighted by Gasteiger charge is 2.30. The van der Waals surface area contributed by atoms with E-state index in [0.717, 1.165) is 25.3 Å². The van der Waals surface area contributed by atoms with E-state index in [0.29, 0.717) is 12.0 Å². The van der Waals surface area contributed by atoms with Gasteiger partial charge in [0.15, 0.2) is 0 Å². The predicted molar refractivity (Wildman–Crippen MR) is 79.3 cm³/mol. The second-order valence-corrected chi connectivity index (χ2v) is 6.20. The minimum Gasteiger partial charge on any atom is -0.372 e. The van der Waals surface area contributed by atoms with Crippen LogP contribution in [0.5, 0.6) is 0 Å². The molecule has 5 heteroatoms. The zero-order valence-electron chi connectivity index (χ0n) is 13.3. The molecule has 3 atom stereocenters. The molecule has 0 radical (unpaired) electrons. The Balaban J connectivity index is 2.29. The molecule has 0 aromatic rings. The van der Waals surface area contributed by atoms with Crippen molar-refractivity contribution in [3.8, 4) is 0 Å². The summed E-state index contributed by atoms with van der Waals surface area (Å²) >= 11 is 0. The Bertz CT molecular complexity index is 271. The Morgan fingerprint density at radius 3 is 2.52 bits per heavy atom. The summed E-state index contributed by atoms with van der Waals surface area (Å²) in [5, 5.41) is 3.54. The quantitative estimate of drug-likeness (QED) is 0.631. The first-order chi connectivity index (χ1) is 9.96. The van der Waals surface area contributed by atoms with Gasteiger partial charge in [0.2, 0.25) is 0 Å².